The van der Waals surface area contributed by atoms with Crippen molar-refractivity contribution >= 4 is 14.6 Å². The number of rotatable bonds is 5. The largest absolute Gasteiger partial charge is 0.416 e. The van der Waals surface area contributed by atoms with Crippen LogP contribution in [0.5, 0.6) is 0 Å². The van der Waals surface area contributed by atoms with Crippen LogP contribution in [0.25, 0.3) is 0 Å². The molecule has 0 bridgehead atoms. The van der Waals surface area contributed by atoms with Crippen LogP contribution in [-0.2, 0) is 9.22 Å². The predicted molar refractivity (Wildman–Crippen MR) is 102 cm³/mol. The quantitative estimate of drug-likeness (QED) is 0.350. The normalized spacial score (nSPS) is 29.5. The van der Waals surface area contributed by atoms with Gasteiger partial charge in [-0.05, 0) is 62.1 Å². The fourth-order valence-corrected chi connectivity index (χ4v) is 4.62. The second-order valence-electron chi connectivity index (χ2n) is 9.47. The van der Waals surface area contributed by atoms with E-state index >= 15 is 0 Å². The molecule has 3 heteroatoms. The maximum Gasteiger partial charge on any atom is 0.192 e. The summed E-state index contributed by atoms with van der Waals surface area (Å²) in [6, 6.07) is 0. The molecule has 0 heterocycles. The van der Waals surface area contributed by atoms with Gasteiger partial charge in [-0.1, -0.05) is 45.8 Å². The van der Waals surface area contributed by atoms with Crippen molar-refractivity contribution in [2.45, 2.75) is 85.9 Å². The Morgan fingerprint density at radius 2 is 1.91 bits per heavy atom. The third kappa shape index (κ3) is 4.36. The van der Waals surface area contributed by atoms with E-state index in [4.69, 9.17) is 4.43 Å². The minimum atomic E-state index is -1.77. The summed E-state index contributed by atoms with van der Waals surface area (Å²) >= 11 is 0. The van der Waals surface area contributed by atoms with Crippen molar-refractivity contribution in [1.29, 1.82) is 0 Å². The van der Waals surface area contributed by atoms with Crippen LogP contribution in [0.1, 0.15) is 67.7 Å². The standard InChI is InChI=1S/C20H38O2Si/c1-15(2)17-11-10-16(3)20(7,18(17)12-13-21)14-22-23(8,9)19(4,5)6/h13,16,18H,10-12,14H2,1-9H3/t16-,18-,20-/m1/s1. The SMILES string of the molecule is CC(C)=C1CC[C@@H](C)[C@@](C)(CO[Si](C)(C)C(C)(C)C)[C@@H]1CC=O. The van der Waals surface area contributed by atoms with Gasteiger partial charge >= 0.3 is 0 Å². The van der Waals surface area contributed by atoms with E-state index in [-0.39, 0.29) is 10.5 Å². The summed E-state index contributed by atoms with van der Waals surface area (Å²) in [4.78, 5) is 11.3. The first kappa shape index (κ1) is 20.6. The molecular formula is C20H38O2Si. The van der Waals surface area contributed by atoms with E-state index in [2.05, 4.69) is 61.6 Å². The van der Waals surface area contributed by atoms with E-state index in [1.165, 1.54) is 17.6 Å². The molecule has 2 nitrogen and oxygen atoms in total. The smallest absolute Gasteiger partial charge is 0.192 e. The Labute approximate surface area is 145 Å². The van der Waals surface area contributed by atoms with E-state index < -0.39 is 8.32 Å². The van der Waals surface area contributed by atoms with Gasteiger partial charge in [0.05, 0.1) is 0 Å². The maximum absolute atomic E-state index is 11.3. The van der Waals surface area contributed by atoms with Crippen molar-refractivity contribution in [3.8, 4) is 0 Å². The lowest BCUT2D eigenvalue weighted by molar-refractivity contribution is -0.110. The zero-order valence-corrected chi connectivity index (χ0v) is 17.9. The Balaban J connectivity index is 3.11. The van der Waals surface area contributed by atoms with Gasteiger partial charge in [0.1, 0.15) is 6.29 Å². The van der Waals surface area contributed by atoms with E-state index in [1.807, 2.05) is 0 Å². The summed E-state index contributed by atoms with van der Waals surface area (Å²) in [5, 5.41) is 0.223. The van der Waals surface area contributed by atoms with Crippen LogP contribution in [-0.4, -0.2) is 21.2 Å². The molecular weight excluding hydrogens is 300 g/mol. The summed E-state index contributed by atoms with van der Waals surface area (Å²) in [5.74, 6) is 0.916. The van der Waals surface area contributed by atoms with Gasteiger partial charge in [-0.15, -0.1) is 0 Å². The van der Waals surface area contributed by atoms with E-state index in [0.717, 1.165) is 19.3 Å². The minimum Gasteiger partial charge on any atom is -0.416 e. The number of carbonyl (C=O) groups excluding carboxylic acids is 1. The molecule has 0 unspecified atom stereocenters. The third-order valence-electron chi connectivity index (χ3n) is 6.71. The molecule has 0 radical (unpaired) electrons. The lowest BCUT2D eigenvalue weighted by Crippen LogP contribution is -2.49. The zero-order chi connectivity index (χ0) is 18.1. The Morgan fingerprint density at radius 3 is 2.35 bits per heavy atom. The van der Waals surface area contributed by atoms with E-state index in [9.17, 15) is 4.79 Å². The molecule has 3 atom stereocenters. The monoisotopic (exact) mass is 338 g/mol. The van der Waals surface area contributed by atoms with Crippen molar-refractivity contribution in [2.24, 2.45) is 17.3 Å². The minimum absolute atomic E-state index is 0.0568. The van der Waals surface area contributed by atoms with Crippen molar-refractivity contribution in [3.05, 3.63) is 11.1 Å². The zero-order valence-electron chi connectivity index (χ0n) is 16.9. The van der Waals surface area contributed by atoms with Crippen LogP contribution >= 0.6 is 0 Å². The summed E-state index contributed by atoms with van der Waals surface area (Å²) in [7, 11) is -1.77. The Morgan fingerprint density at radius 1 is 1.35 bits per heavy atom. The summed E-state index contributed by atoms with van der Waals surface area (Å²) < 4.78 is 6.61. The lowest BCUT2D eigenvalue weighted by atomic mass is 9.59. The first-order valence-electron chi connectivity index (χ1n) is 9.10. The van der Waals surface area contributed by atoms with Gasteiger partial charge in [-0.2, -0.15) is 0 Å². The highest BCUT2D eigenvalue weighted by Gasteiger charge is 2.46. The van der Waals surface area contributed by atoms with Gasteiger partial charge < -0.3 is 9.22 Å². The lowest BCUT2D eigenvalue weighted by Gasteiger charge is -2.50. The molecule has 0 aromatic heterocycles. The molecule has 1 fully saturated rings. The fourth-order valence-electron chi connectivity index (χ4n) is 3.52. The van der Waals surface area contributed by atoms with Crippen molar-refractivity contribution in [3.63, 3.8) is 0 Å². The van der Waals surface area contributed by atoms with Gasteiger partial charge in [-0.25, -0.2) is 0 Å². The Kier molecular flexibility index (Phi) is 6.48. The average Bonchev–Trinajstić information content (AvgIpc) is 2.41. The van der Waals surface area contributed by atoms with Crippen molar-refractivity contribution in [1.82, 2.24) is 0 Å². The van der Waals surface area contributed by atoms with Crippen molar-refractivity contribution < 1.29 is 9.22 Å². The molecule has 0 spiro atoms. The highest BCUT2D eigenvalue weighted by Crippen LogP contribution is 2.51. The van der Waals surface area contributed by atoms with Crippen LogP contribution in [0.3, 0.4) is 0 Å². The van der Waals surface area contributed by atoms with Gasteiger partial charge in [0.15, 0.2) is 8.32 Å². The molecule has 0 aromatic carbocycles. The predicted octanol–water partition coefficient (Wildman–Crippen LogP) is 5.99. The summed E-state index contributed by atoms with van der Waals surface area (Å²) in [6.45, 7) is 21.4. The molecule has 1 saturated carbocycles. The number of aldehydes is 1. The third-order valence-corrected chi connectivity index (χ3v) is 11.2. The second kappa shape index (κ2) is 7.22. The molecule has 1 aliphatic carbocycles. The molecule has 0 saturated heterocycles. The van der Waals surface area contributed by atoms with Gasteiger partial charge in [-0.3, -0.25) is 0 Å². The summed E-state index contributed by atoms with van der Waals surface area (Å²) in [5.41, 5.74) is 2.94. The van der Waals surface area contributed by atoms with Crippen LogP contribution < -0.4 is 0 Å². The van der Waals surface area contributed by atoms with Gasteiger partial charge in [0.25, 0.3) is 0 Å². The second-order valence-corrected chi connectivity index (χ2v) is 14.3. The van der Waals surface area contributed by atoms with Crippen LogP contribution in [0.15, 0.2) is 11.1 Å². The first-order valence-corrected chi connectivity index (χ1v) is 12.0. The maximum atomic E-state index is 11.3. The van der Waals surface area contributed by atoms with Crippen LogP contribution in [0.2, 0.25) is 18.1 Å². The van der Waals surface area contributed by atoms with Crippen LogP contribution in [0, 0.1) is 17.3 Å². The Bertz CT molecular complexity index is 455. The molecule has 134 valence electrons. The van der Waals surface area contributed by atoms with E-state index in [0.29, 0.717) is 18.3 Å². The molecule has 0 aromatic rings. The molecule has 23 heavy (non-hydrogen) atoms. The molecule has 0 N–H and O–H groups in total. The van der Waals surface area contributed by atoms with Gasteiger partial charge in [0, 0.05) is 13.0 Å². The van der Waals surface area contributed by atoms with E-state index in [1.54, 1.807) is 0 Å². The number of hydrogen-bond donors (Lipinski definition) is 0. The fraction of sp³-hybridized carbons (Fsp3) is 0.850. The van der Waals surface area contributed by atoms with Gasteiger partial charge in [0.2, 0.25) is 0 Å². The average molecular weight is 339 g/mol. The molecule has 0 amide bonds. The van der Waals surface area contributed by atoms with Crippen molar-refractivity contribution in [2.75, 3.05) is 6.61 Å². The number of hydrogen-bond acceptors (Lipinski definition) is 2. The first-order chi connectivity index (χ1) is 10.4. The molecule has 1 rings (SSSR count). The topological polar surface area (TPSA) is 26.3 Å². The highest BCUT2D eigenvalue weighted by molar-refractivity contribution is 6.74. The number of carbonyl (C=O) groups is 1. The Hall–Kier alpha value is -0.413. The number of allylic oxidation sites excluding steroid dienone is 2. The van der Waals surface area contributed by atoms with Crippen LogP contribution in [0.4, 0.5) is 0 Å². The molecule has 0 aliphatic heterocycles. The molecule has 1 aliphatic rings. The summed E-state index contributed by atoms with van der Waals surface area (Å²) in [6.07, 6.45) is 4.07. The highest BCUT2D eigenvalue weighted by atomic mass is 28.4.